The fraction of sp³-hybridized carbons (Fsp3) is 0.500. The lowest BCUT2D eigenvalue weighted by Gasteiger charge is -2.12. The highest BCUT2D eigenvalue weighted by atomic mass is 32.1. The first-order chi connectivity index (χ1) is 4.72. The van der Waals surface area contributed by atoms with E-state index in [0.29, 0.717) is 5.92 Å². The maximum Gasteiger partial charge on any atom is 0.0326 e. The molecule has 0 spiro atoms. The van der Waals surface area contributed by atoms with Crippen molar-refractivity contribution in [1.29, 1.82) is 0 Å². The zero-order valence-electron chi connectivity index (χ0n) is 6.37. The van der Waals surface area contributed by atoms with Gasteiger partial charge >= 0.3 is 0 Å². The quantitative estimate of drug-likeness (QED) is 0.697. The SMILES string of the molecule is CC(C)C(N)c1ccsc1. The molecule has 2 N–H and O–H groups in total. The largest absolute Gasteiger partial charge is 0.324 e. The highest BCUT2D eigenvalue weighted by Gasteiger charge is 2.09. The molecule has 0 aliphatic carbocycles. The zero-order chi connectivity index (χ0) is 7.56. The van der Waals surface area contributed by atoms with Gasteiger partial charge in [0.05, 0.1) is 0 Å². The number of nitrogens with two attached hydrogens (primary N) is 1. The summed E-state index contributed by atoms with van der Waals surface area (Å²) in [6.45, 7) is 4.28. The molecule has 0 fully saturated rings. The second-order valence-corrected chi connectivity index (χ2v) is 3.61. The average Bonchev–Trinajstić information content (AvgIpc) is 2.36. The van der Waals surface area contributed by atoms with Gasteiger partial charge in [-0.1, -0.05) is 13.8 Å². The maximum absolute atomic E-state index is 5.89. The Hall–Kier alpha value is -0.340. The van der Waals surface area contributed by atoms with Gasteiger partial charge in [-0.3, -0.25) is 0 Å². The summed E-state index contributed by atoms with van der Waals surface area (Å²) in [6, 6.07) is 2.31. The molecule has 0 saturated heterocycles. The summed E-state index contributed by atoms with van der Waals surface area (Å²) in [5.74, 6) is 0.537. The molecule has 0 aliphatic heterocycles. The van der Waals surface area contributed by atoms with Crippen molar-refractivity contribution in [3.05, 3.63) is 22.4 Å². The van der Waals surface area contributed by atoms with Crippen molar-refractivity contribution in [2.24, 2.45) is 11.7 Å². The summed E-state index contributed by atoms with van der Waals surface area (Å²) in [5, 5.41) is 4.18. The minimum atomic E-state index is 0.214. The number of thiophene rings is 1. The van der Waals surface area contributed by atoms with E-state index < -0.39 is 0 Å². The van der Waals surface area contributed by atoms with Gasteiger partial charge in [0.1, 0.15) is 0 Å². The fourth-order valence-corrected chi connectivity index (χ4v) is 1.56. The van der Waals surface area contributed by atoms with Crippen LogP contribution in [0.15, 0.2) is 16.8 Å². The number of hydrogen-bond donors (Lipinski definition) is 1. The van der Waals surface area contributed by atoms with Gasteiger partial charge in [-0.05, 0) is 28.3 Å². The van der Waals surface area contributed by atoms with E-state index in [9.17, 15) is 0 Å². The maximum atomic E-state index is 5.89. The van der Waals surface area contributed by atoms with Crippen LogP contribution in [0.25, 0.3) is 0 Å². The molecule has 0 amide bonds. The van der Waals surface area contributed by atoms with Crippen LogP contribution in [0, 0.1) is 5.92 Å². The van der Waals surface area contributed by atoms with E-state index in [1.807, 2.05) is 0 Å². The lowest BCUT2D eigenvalue weighted by molar-refractivity contribution is 0.515. The van der Waals surface area contributed by atoms with Gasteiger partial charge in [0.25, 0.3) is 0 Å². The summed E-state index contributed by atoms with van der Waals surface area (Å²) in [7, 11) is 0. The minimum Gasteiger partial charge on any atom is -0.324 e. The Kier molecular flexibility index (Phi) is 2.46. The van der Waals surface area contributed by atoms with Crippen molar-refractivity contribution in [3.63, 3.8) is 0 Å². The van der Waals surface area contributed by atoms with Crippen molar-refractivity contribution in [2.75, 3.05) is 0 Å². The van der Waals surface area contributed by atoms with Crippen LogP contribution in [0.2, 0.25) is 0 Å². The highest BCUT2D eigenvalue weighted by Crippen LogP contribution is 2.20. The standard InChI is InChI=1S/C8H13NS/c1-6(2)8(9)7-3-4-10-5-7/h3-6,8H,9H2,1-2H3. The van der Waals surface area contributed by atoms with Gasteiger partial charge in [-0.2, -0.15) is 11.3 Å². The van der Waals surface area contributed by atoms with Crippen LogP contribution in [-0.2, 0) is 0 Å². The third kappa shape index (κ3) is 1.58. The van der Waals surface area contributed by atoms with E-state index in [4.69, 9.17) is 5.73 Å². The lowest BCUT2D eigenvalue weighted by atomic mass is 10.0. The third-order valence-electron chi connectivity index (χ3n) is 1.65. The van der Waals surface area contributed by atoms with E-state index >= 15 is 0 Å². The van der Waals surface area contributed by atoms with Crippen molar-refractivity contribution >= 4 is 11.3 Å². The predicted molar refractivity (Wildman–Crippen MR) is 46.1 cm³/mol. The van der Waals surface area contributed by atoms with Crippen molar-refractivity contribution in [3.8, 4) is 0 Å². The molecule has 0 aromatic carbocycles. The summed E-state index contributed by atoms with van der Waals surface area (Å²) in [5.41, 5.74) is 7.15. The smallest absolute Gasteiger partial charge is 0.0326 e. The van der Waals surface area contributed by atoms with E-state index in [-0.39, 0.29) is 6.04 Å². The third-order valence-corrected chi connectivity index (χ3v) is 2.35. The Morgan fingerprint density at radius 2 is 2.20 bits per heavy atom. The Morgan fingerprint density at radius 1 is 1.50 bits per heavy atom. The second-order valence-electron chi connectivity index (χ2n) is 2.83. The van der Waals surface area contributed by atoms with Crippen LogP contribution in [0.4, 0.5) is 0 Å². The molecule has 10 heavy (non-hydrogen) atoms. The molecule has 0 saturated carbocycles. The molecule has 1 heterocycles. The van der Waals surface area contributed by atoms with Gasteiger partial charge in [0.2, 0.25) is 0 Å². The normalized spacial score (nSPS) is 14.0. The molecular formula is C8H13NS. The average molecular weight is 155 g/mol. The van der Waals surface area contributed by atoms with Crippen LogP contribution in [0.1, 0.15) is 25.5 Å². The number of rotatable bonds is 2. The molecule has 1 aromatic rings. The van der Waals surface area contributed by atoms with Gasteiger partial charge < -0.3 is 5.73 Å². The number of hydrogen-bond acceptors (Lipinski definition) is 2. The van der Waals surface area contributed by atoms with E-state index in [1.165, 1.54) is 5.56 Å². The van der Waals surface area contributed by atoms with Crippen LogP contribution in [-0.4, -0.2) is 0 Å². The zero-order valence-corrected chi connectivity index (χ0v) is 7.19. The van der Waals surface area contributed by atoms with Crippen LogP contribution < -0.4 is 5.73 Å². The lowest BCUT2D eigenvalue weighted by Crippen LogP contribution is -2.15. The summed E-state index contributed by atoms with van der Waals surface area (Å²) in [4.78, 5) is 0. The van der Waals surface area contributed by atoms with Crippen LogP contribution >= 0.6 is 11.3 Å². The first kappa shape index (κ1) is 7.76. The monoisotopic (exact) mass is 155 g/mol. The molecule has 1 rings (SSSR count). The fourth-order valence-electron chi connectivity index (χ4n) is 0.850. The first-order valence-electron chi connectivity index (χ1n) is 3.49. The van der Waals surface area contributed by atoms with E-state index in [1.54, 1.807) is 11.3 Å². The first-order valence-corrected chi connectivity index (χ1v) is 4.43. The van der Waals surface area contributed by atoms with Gasteiger partial charge in [0, 0.05) is 6.04 Å². The molecule has 0 aliphatic rings. The molecule has 1 atom stereocenters. The molecule has 2 heteroatoms. The summed E-state index contributed by atoms with van der Waals surface area (Å²) >= 11 is 1.71. The van der Waals surface area contributed by atoms with Gasteiger partial charge in [-0.15, -0.1) is 0 Å². The second kappa shape index (κ2) is 3.17. The molecular weight excluding hydrogens is 142 g/mol. The van der Waals surface area contributed by atoms with Crippen LogP contribution in [0.5, 0.6) is 0 Å². The molecule has 1 unspecified atom stereocenters. The van der Waals surface area contributed by atoms with Gasteiger partial charge in [0.15, 0.2) is 0 Å². The van der Waals surface area contributed by atoms with E-state index in [0.717, 1.165) is 0 Å². The Labute approximate surface area is 65.9 Å². The molecule has 0 radical (unpaired) electrons. The molecule has 0 bridgehead atoms. The van der Waals surface area contributed by atoms with Crippen molar-refractivity contribution < 1.29 is 0 Å². The van der Waals surface area contributed by atoms with Crippen LogP contribution in [0.3, 0.4) is 0 Å². The molecule has 1 nitrogen and oxygen atoms in total. The highest BCUT2D eigenvalue weighted by molar-refractivity contribution is 7.07. The Balaban J connectivity index is 2.68. The Morgan fingerprint density at radius 3 is 2.60 bits per heavy atom. The van der Waals surface area contributed by atoms with Gasteiger partial charge in [-0.25, -0.2) is 0 Å². The predicted octanol–water partition coefficient (Wildman–Crippen LogP) is 2.40. The topological polar surface area (TPSA) is 26.0 Å². The van der Waals surface area contributed by atoms with Crippen molar-refractivity contribution in [1.82, 2.24) is 0 Å². The molecule has 56 valence electrons. The molecule has 1 aromatic heterocycles. The van der Waals surface area contributed by atoms with Crippen molar-refractivity contribution in [2.45, 2.75) is 19.9 Å². The Bertz CT molecular complexity index is 179. The summed E-state index contributed by atoms with van der Waals surface area (Å²) < 4.78 is 0. The van der Waals surface area contributed by atoms with E-state index in [2.05, 4.69) is 30.7 Å². The summed E-state index contributed by atoms with van der Waals surface area (Å²) in [6.07, 6.45) is 0. The minimum absolute atomic E-state index is 0.214.